The Labute approximate surface area is 171 Å². The number of carbonyl (C=O) groups is 2. The lowest BCUT2D eigenvalue weighted by Gasteiger charge is -2.12. The molecular formula is C19H20BrN3O3S. The maximum Gasteiger partial charge on any atom is 0.269 e. The second kappa shape index (κ2) is 10.0. The molecule has 8 heteroatoms. The fourth-order valence-corrected chi connectivity index (χ4v) is 2.81. The summed E-state index contributed by atoms with van der Waals surface area (Å²) in [6.07, 6.45) is 0.910. The van der Waals surface area contributed by atoms with Crippen LogP contribution in [0.1, 0.15) is 28.4 Å². The number of hydrazine groups is 1. The number of aryl methyl sites for hydroxylation is 2. The Morgan fingerprint density at radius 3 is 2.44 bits per heavy atom. The number of rotatable bonds is 5. The summed E-state index contributed by atoms with van der Waals surface area (Å²) in [5.41, 5.74) is 7.60. The third kappa shape index (κ3) is 6.65. The summed E-state index contributed by atoms with van der Waals surface area (Å²) in [7, 11) is 0. The normalized spacial score (nSPS) is 10.0. The Balaban J connectivity index is 1.76. The van der Waals surface area contributed by atoms with Crippen molar-refractivity contribution in [3.63, 3.8) is 0 Å². The molecule has 3 N–H and O–H groups in total. The van der Waals surface area contributed by atoms with Gasteiger partial charge in [-0.1, -0.05) is 30.7 Å². The van der Waals surface area contributed by atoms with Gasteiger partial charge in [-0.2, -0.15) is 0 Å². The number of hydrogen-bond donors (Lipinski definition) is 3. The molecule has 2 amide bonds. The zero-order chi connectivity index (χ0) is 19.8. The Bertz CT molecular complexity index is 841. The first-order valence-corrected chi connectivity index (χ1v) is 9.47. The van der Waals surface area contributed by atoms with Crippen molar-refractivity contribution in [1.29, 1.82) is 0 Å². The summed E-state index contributed by atoms with van der Waals surface area (Å²) in [5, 5.41) is 2.41. The van der Waals surface area contributed by atoms with Crippen LogP contribution >= 0.6 is 28.1 Å². The monoisotopic (exact) mass is 449 g/mol. The van der Waals surface area contributed by atoms with Gasteiger partial charge in [0.15, 0.2) is 11.7 Å². The van der Waals surface area contributed by atoms with Crippen molar-refractivity contribution in [3.8, 4) is 5.75 Å². The number of thiocarbonyl (C=S) groups is 1. The minimum Gasteiger partial charge on any atom is -0.483 e. The Kier molecular flexibility index (Phi) is 7.75. The molecule has 6 nitrogen and oxygen atoms in total. The van der Waals surface area contributed by atoms with Crippen LogP contribution in [0.15, 0.2) is 46.9 Å². The third-order valence-corrected chi connectivity index (χ3v) is 4.44. The molecule has 0 radical (unpaired) electrons. The zero-order valence-electron chi connectivity index (χ0n) is 15.0. The van der Waals surface area contributed by atoms with Crippen molar-refractivity contribution in [2.24, 2.45) is 0 Å². The van der Waals surface area contributed by atoms with Gasteiger partial charge in [0.25, 0.3) is 11.8 Å². The quantitative estimate of drug-likeness (QED) is 0.482. The minimum atomic E-state index is -0.441. The van der Waals surface area contributed by atoms with Gasteiger partial charge < -0.3 is 4.74 Å². The predicted molar refractivity (Wildman–Crippen MR) is 112 cm³/mol. The van der Waals surface area contributed by atoms with E-state index in [2.05, 4.69) is 39.0 Å². The molecule has 0 bridgehead atoms. The molecule has 0 fully saturated rings. The summed E-state index contributed by atoms with van der Waals surface area (Å²) in [4.78, 5) is 23.9. The van der Waals surface area contributed by atoms with Gasteiger partial charge in [0.1, 0.15) is 5.75 Å². The van der Waals surface area contributed by atoms with E-state index in [0.29, 0.717) is 11.3 Å². The third-order valence-electron chi connectivity index (χ3n) is 3.62. The van der Waals surface area contributed by atoms with Crippen LogP contribution in [0.5, 0.6) is 5.75 Å². The molecule has 2 aromatic rings. The highest BCUT2D eigenvalue weighted by molar-refractivity contribution is 9.10. The number of hydrogen-bond acceptors (Lipinski definition) is 4. The van der Waals surface area contributed by atoms with Crippen molar-refractivity contribution in [1.82, 2.24) is 16.2 Å². The summed E-state index contributed by atoms with van der Waals surface area (Å²) in [6, 6.07) is 12.7. The topological polar surface area (TPSA) is 79.5 Å². The van der Waals surface area contributed by atoms with E-state index in [1.165, 1.54) is 0 Å². The van der Waals surface area contributed by atoms with E-state index in [9.17, 15) is 9.59 Å². The summed E-state index contributed by atoms with van der Waals surface area (Å²) in [6.45, 7) is 3.78. The molecule has 0 aliphatic heterocycles. The maximum absolute atomic E-state index is 12.0. The molecule has 0 spiro atoms. The lowest BCUT2D eigenvalue weighted by atomic mass is 10.1. The van der Waals surface area contributed by atoms with Crippen LogP contribution in [0.3, 0.4) is 0 Å². The Hall–Kier alpha value is -2.45. The number of amides is 2. The Morgan fingerprint density at radius 1 is 1.11 bits per heavy atom. The summed E-state index contributed by atoms with van der Waals surface area (Å²) < 4.78 is 6.25. The molecule has 0 unspecified atom stereocenters. The highest BCUT2D eigenvalue weighted by Gasteiger charge is 2.09. The smallest absolute Gasteiger partial charge is 0.269 e. The molecule has 0 saturated carbocycles. The number of carbonyl (C=O) groups excluding carboxylic acids is 2. The van der Waals surface area contributed by atoms with Gasteiger partial charge in [0.05, 0.1) is 4.47 Å². The Morgan fingerprint density at radius 2 is 1.81 bits per heavy atom. The first-order valence-electron chi connectivity index (χ1n) is 8.27. The first-order chi connectivity index (χ1) is 12.9. The number of halogens is 1. The molecule has 142 valence electrons. The van der Waals surface area contributed by atoms with E-state index in [4.69, 9.17) is 17.0 Å². The van der Waals surface area contributed by atoms with Gasteiger partial charge >= 0.3 is 0 Å². The van der Waals surface area contributed by atoms with Gasteiger partial charge in [-0.3, -0.25) is 25.8 Å². The second-order valence-corrected chi connectivity index (χ2v) is 6.99. The molecule has 0 atom stereocenters. The van der Waals surface area contributed by atoms with Crippen molar-refractivity contribution >= 4 is 45.1 Å². The van der Waals surface area contributed by atoms with E-state index < -0.39 is 5.91 Å². The van der Waals surface area contributed by atoms with Crippen molar-refractivity contribution in [3.05, 3.63) is 63.6 Å². The molecule has 2 aromatic carbocycles. The average Bonchev–Trinajstić information content (AvgIpc) is 2.65. The maximum atomic E-state index is 12.0. The molecule has 0 heterocycles. The average molecular weight is 450 g/mol. The molecule has 27 heavy (non-hydrogen) atoms. The highest BCUT2D eigenvalue weighted by atomic mass is 79.9. The fraction of sp³-hybridized carbons (Fsp3) is 0.211. The van der Waals surface area contributed by atoms with Crippen LogP contribution in [-0.2, 0) is 11.2 Å². The molecule has 0 aromatic heterocycles. The predicted octanol–water partition coefficient (Wildman–Crippen LogP) is 3.03. The SMILES string of the molecule is CCc1ccc(OCC(=O)NC(=S)NNC(=O)c2ccc(C)cc2)c(Br)c1. The van der Waals surface area contributed by atoms with Gasteiger partial charge in [0.2, 0.25) is 0 Å². The van der Waals surface area contributed by atoms with E-state index in [1.54, 1.807) is 18.2 Å². The van der Waals surface area contributed by atoms with Gasteiger partial charge in [-0.15, -0.1) is 0 Å². The van der Waals surface area contributed by atoms with Crippen LogP contribution in [0.2, 0.25) is 0 Å². The van der Waals surface area contributed by atoms with Crippen LogP contribution in [0, 0.1) is 6.92 Å². The van der Waals surface area contributed by atoms with E-state index in [0.717, 1.165) is 22.0 Å². The van der Waals surface area contributed by atoms with E-state index >= 15 is 0 Å². The van der Waals surface area contributed by atoms with Gasteiger partial charge in [0, 0.05) is 5.56 Å². The van der Waals surface area contributed by atoms with Crippen LogP contribution in [0.4, 0.5) is 0 Å². The van der Waals surface area contributed by atoms with Crippen LogP contribution < -0.4 is 20.9 Å². The van der Waals surface area contributed by atoms with Crippen molar-refractivity contribution < 1.29 is 14.3 Å². The second-order valence-electron chi connectivity index (χ2n) is 5.73. The fourth-order valence-electron chi connectivity index (χ4n) is 2.11. The highest BCUT2D eigenvalue weighted by Crippen LogP contribution is 2.26. The number of benzene rings is 2. The van der Waals surface area contributed by atoms with Crippen LogP contribution in [-0.4, -0.2) is 23.5 Å². The zero-order valence-corrected chi connectivity index (χ0v) is 17.4. The molecule has 2 rings (SSSR count). The largest absolute Gasteiger partial charge is 0.483 e. The van der Waals surface area contributed by atoms with Crippen LogP contribution in [0.25, 0.3) is 0 Å². The van der Waals surface area contributed by atoms with E-state index in [1.807, 2.05) is 31.2 Å². The molecule has 0 aliphatic carbocycles. The first kappa shape index (κ1) is 20.9. The van der Waals surface area contributed by atoms with Crippen molar-refractivity contribution in [2.45, 2.75) is 20.3 Å². The standard InChI is InChI=1S/C19H20BrN3O3S/c1-3-13-6-9-16(15(20)10-13)26-11-17(24)21-19(27)23-22-18(25)14-7-4-12(2)5-8-14/h4-10H,3,11H2,1-2H3,(H,22,25)(H2,21,23,24,27). The van der Waals surface area contributed by atoms with Gasteiger partial charge in [-0.25, -0.2) is 0 Å². The van der Waals surface area contributed by atoms with Gasteiger partial charge in [-0.05, 0) is 71.3 Å². The molecule has 0 aliphatic rings. The minimum absolute atomic E-state index is 0.0236. The summed E-state index contributed by atoms with van der Waals surface area (Å²) in [5.74, 6) is -0.236. The lowest BCUT2D eigenvalue weighted by Crippen LogP contribution is -2.49. The van der Waals surface area contributed by atoms with E-state index in [-0.39, 0.29) is 17.6 Å². The lowest BCUT2D eigenvalue weighted by molar-refractivity contribution is -0.121. The number of ether oxygens (including phenoxy) is 1. The van der Waals surface area contributed by atoms with Crippen molar-refractivity contribution in [2.75, 3.05) is 6.61 Å². The summed E-state index contributed by atoms with van der Waals surface area (Å²) >= 11 is 8.40. The molecular weight excluding hydrogens is 430 g/mol. The molecule has 0 saturated heterocycles. The number of nitrogens with one attached hydrogen (secondary N) is 3.